The summed E-state index contributed by atoms with van der Waals surface area (Å²) in [7, 11) is 0. The first-order chi connectivity index (χ1) is 9.24. The topological polar surface area (TPSA) is 9.23 Å². The van der Waals surface area contributed by atoms with Crippen LogP contribution in [0.1, 0.15) is 77.8 Å². The molecule has 0 unspecified atom stereocenters. The quantitative estimate of drug-likeness (QED) is 0.638. The van der Waals surface area contributed by atoms with Crippen molar-refractivity contribution in [3.8, 4) is 5.75 Å². The molecule has 0 saturated heterocycles. The van der Waals surface area contributed by atoms with Crippen molar-refractivity contribution in [3.05, 3.63) is 27.7 Å². The second kappa shape index (κ2) is 5.36. The van der Waals surface area contributed by atoms with Crippen LogP contribution in [-0.2, 0) is 5.41 Å². The zero-order valence-corrected chi connectivity index (χ0v) is 15.2. The molecule has 0 N–H and O–H groups in total. The van der Waals surface area contributed by atoms with Crippen LogP contribution >= 0.6 is 15.9 Å². The van der Waals surface area contributed by atoms with Crippen LogP contribution in [0.3, 0.4) is 0 Å². The minimum atomic E-state index is -0.00598. The fourth-order valence-corrected chi connectivity index (χ4v) is 3.93. The van der Waals surface area contributed by atoms with Gasteiger partial charge in [-0.05, 0) is 48.3 Å². The summed E-state index contributed by atoms with van der Waals surface area (Å²) in [6.07, 6.45) is 3.23. The van der Waals surface area contributed by atoms with Gasteiger partial charge in [0.05, 0.1) is 0 Å². The van der Waals surface area contributed by atoms with Crippen LogP contribution < -0.4 is 4.74 Å². The highest BCUT2D eigenvalue weighted by molar-refractivity contribution is 9.10. The lowest BCUT2D eigenvalue weighted by Gasteiger charge is -2.46. The van der Waals surface area contributed by atoms with Crippen molar-refractivity contribution in [2.45, 2.75) is 77.7 Å². The number of hydrogen-bond acceptors (Lipinski definition) is 1. The Balaban J connectivity index is 2.66. The van der Waals surface area contributed by atoms with Gasteiger partial charge in [0.1, 0.15) is 11.4 Å². The van der Waals surface area contributed by atoms with Crippen molar-refractivity contribution in [2.75, 3.05) is 0 Å². The zero-order valence-electron chi connectivity index (χ0n) is 13.6. The molecule has 0 atom stereocenters. The van der Waals surface area contributed by atoms with Crippen LogP contribution in [0.25, 0.3) is 0 Å². The minimum absolute atomic E-state index is 0.00598. The Morgan fingerprint density at radius 3 is 2.30 bits per heavy atom. The first-order valence-corrected chi connectivity index (χ1v) is 8.57. The van der Waals surface area contributed by atoms with E-state index in [1.807, 2.05) is 0 Å². The van der Waals surface area contributed by atoms with Crippen LogP contribution in [0.4, 0.5) is 0 Å². The highest BCUT2D eigenvalue weighted by atomic mass is 79.9. The van der Waals surface area contributed by atoms with E-state index >= 15 is 0 Å². The van der Waals surface area contributed by atoms with Gasteiger partial charge in [-0.15, -0.1) is 0 Å². The van der Waals surface area contributed by atoms with Gasteiger partial charge in [0.15, 0.2) is 0 Å². The predicted octanol–water partition coefficient (Wildman–Crippen LogP) is 6.19. The Kier molecular flexibility index (Phi) is 4.26. The molecular weight excluding hydrogens is 312 g/mol. The highest BCUT2D eigenvalue weighted by Gasteiger charge is 2.43. The van der Waals surface area contributed by atoms with Crippen LogP contribution in [0.5, 0.6) is 5.75 Å². The molecule has 2 heteroatoms. The van der Waals surface area contributed by atoms with E-state index in [0.717, 1.165) is 29.5 Å². The van der Waals surface area contributed by atoms with E-state index in [9.17, 15) is 0 Å². The third-order valence-corrected chi connectivity index (χ3v) is 5.26. The number of ether oxygens (including phenoxy) is 1. The van der Waals surface area contributed by atoms with Gasteiger partial charge in [-0.3, -0.25) is 0 Å². The van der Waals surface area contributed by atoms with Crippen molar-refractivity contribution in [1.29, 1.82) is 0 Å². The summed E-state index contributed by atoms with van der Waals surface area (Å²) in [5, 5.41) is 0. The van der Waals surface area contributed by atoms with Crippen molar-refractivity contribution in [2.24, 2.45) is 0 Å². The Hall–Kier alpha value is -0.500. The maximum Gasteiger partial charge on any atom is 0.127 e. The number of hydrogen-bond donors (Lipinski definition) is 0. The Morgan fingerprint density at radius 2 is 1.80 bits per heavy atom. The maximum atomic E-state index is 6.58. The van der Waals surface area contributed by atoms with Crippen molar-refractivity contribution in [3.63, 3.8) is 0 Å². The third kappa shape index (κ3) is 2.64. The standard InChI is InChI=1S/C18H27BrO/c1-7-18(8-2)11-17(5,6)15-10-13(19)9-14(12(3)4)16(15)20-18/h9-10,12H,7-8,11H2,1-6H3. The second-order valence-corrected chi connectivity index (χ2v) is 7.99. The number of rotatable bonds is 3. The molecule has 1 heterocycles. The van der Waals surface area contributed by atoms with Crippen LogP contribution in [-0.4, -0.2) is 5.60 Å². The number of halogens is 1. The van der Waals surface area contributed by atoms with Crippen molar-refractivity contribution < 1.29 is 4.74 Å². The molecule has 1 aromatic carbocycles. The molecule has 1 aromatic rings. The van der Waals surface area contributed by atoms with Gasteiger partial charge < -0.3 is 4.74 Å². The molecule has 0 saturated carbocycles. The second-order valence-electron chi connectivity index (χ2n) is 7.08. The normalized spacial score (nSPS) is 19.6. The summed E-state index contributed by atoms with van der Waals surface area (Å²) in [5.74, 6) is 1.62. The fraction of sp³-hybridized carbons (Fsp3) is 0.667. The van der Waals surface area contributed by atoms with E-state index in [1.54, 1.807) is 0 Å². The van der Waals surface area contributed by atoms with Gasteiger partial charge >= 0.3 is 0 Å². The molecular formula is C18H27BrO. The summed E-state index contributed by atoms with van der Waals surface area (Å²) in [4.78, 5) is 0. The number of fused-ring (bicyclic) bond motifs is 1. The molecule has 0 bridgehead atoms. The molecule has 0 amide bonds. The van der Waals surface area contributed by atoms with Crippen LogP contribution in [0.2, 0.25) is 0 Å². The number of benzene rings is 1. The summed E-state index contributed by atoms with van der Waals surface area (Å²) in [6.45, 7) is 13.7. The van der Waals surface area contributed by atoms with Crippen LogP contribution in [0.15, 0.2) is 16.6 Å². The molecule has 0 aliphatic carbocycles. The highest BCUT2D eigenvalue weighted by Crippen LogP contribution is 2.50. The average molecular weight is 339 g/mol. The zero-order chi connectivity index (χ0) is 15.1. The lowest BCUT2D eigenvalue weighted by atomic mass is 9.70. The SMILES string of the molecule is CCC1(CC)CC(C)(C)c2cc(Br)cc(C(C)C)c2O1. The summed E-state index contributed by atoms with van der Waals surface area (Å²) < 4.78 is 7.74. The minimum Gasteiger partial charge on any atom is -0.487 e. The van der Waals surface area contributed by atoms with Gasteiger partial charge in [-0.2, -0.15) is 0 Å². The summed E-state index contributed by atoms with van der Waals surface area (Å²) >= 11 is 3.67. The Bertz CT molecular complexity index is 498. The first kappa shape index (κ1) is 15.9. The predicted molar refractivity (Wildman–Crippen MR) is 89.8 cm³/mol. The first-order valence-electron chi connectivity index (χ1n) is 7.77. The molecule has 112 valence electrons. The maximum absolute atomic E-state index is 6.58. The molecule has 2 rings (SSSR count). The monoisotopic (exact) mass is 338 g/mol. The van der Waals surface area contributed by atoms with E-state index in [4.69, 9.17) is 4.74 Å². The lowest BCUT2D eigenvalue weighted by Crippen LogP contribution is -2.45. The van der Waals surface area contributed by atoms with E-state index in [2.05, 4.69) is 69.6 Å². The summed E-state index contributed by atoms with van der Waals surface area (Å²) in [6, 6.07) is 4.47. The molecule has 1 aliphatic heterocycles. The third-order valence-electron chi connectivity index (χ3n) is 4.80. The smallest absolute Gasteiger partial charge is 0.127 e. The lowest BCUT2D eigenvalue weighted by molar-refractivity contribution is 0.0105. The van der Waals surface area contributed by atoms with Crippen molar-refractivity contribution >= 4 is 15.9 Å². The fourth-order valence-electron chi connectivity index (χ4n) is 3.46. The molecule has 1 aliphatic rings. The molecule has 0 aromatic heterocycles. The van der Waals surface area contributed by atoms with E-state index < -0.39 is 0 Å². The van der Waals surface area contributed by atoms with E-state index in [0.29, 0.717) is 5.92 Å². The Morgan fingerprint density at radius 1 is 1.20 bits per heavy atom. The summed E-state index contributed by atoms with van der Waals surface area (Å²) in [5.41, 5.74) is 2.84. The van der Waals surface area contributed by atoms with Crippen LogP contribution in [0, 0.1) is 0 Å². The Labute approximate surface area is 132 Å². The molecule has 0 radical (unpaired) electrons. The molecule has 0 spiro atoms. The van der Waals surface area contributed by atoms with Gasteiger partial charge in [0.2, 0.25) is 0 Å². The molecule has 1 nitrogen and oxygen atoms in total. The van der Waals surface area contributed by atoms with Gasteiger partial charge in [0, 0.05) is 10.0 Å². The van der Waals surface area contributed by atoms with Gasteiger partial charge in [-0.25, -0.2) is 0 Å². The largest absolute Gasteiger partial charge is 0.487 e. The van der Waals surface area contributed by atoms with E-state index in [1.165, 1.54) is 11.1 Å². The van der Waals surface area contributed by atoms with Gasteiger partial charge in [0.25, 0.3) is 0 Å². The molecule has 0 fully saturated rings. The average Bonchev–Trinajstić information content (AvgIpc) is 2.38. The van der Waals surface area contributed by atoms with Gasteiger partial charge in [-0.1, -0.05) is 57.5 Å². The van der Waals surface area contributed by atoms with Crippen molar-refractivity contribution in [1.82, 2.24) is 0 Å². The molecule has 20 heavy (non-hydrogen) atoms. The van der Waals surface area contributed by atoms with E-state index in [-0.39, 0.29) is 11.0 Å².